The second kappa shape index (κ2) is 11.6. The van der Waals surface area contributed by atoms with E-state index in [4.69, 9.17) is 9.15 Å². The summed E-state index contributed by atoms with van der Waals surface area (Å²) in [4.78, 5) is 13.6. The molecule has 4 nitrogen and oxygen atoms in total. The fourth-order valence-corrected chi connectivity index (χ4v) is 5.72. The van der Waals surface area contributed by atoms with Crippen LogP contribution in [0.4, 0.5) is 0 Å². The maximum Gasteiger partial charge on any atom is 0.197 e. The van der Waals surface area contributed by atoms with Crippen LogP contribution >= 0.6 is 45.2 Å². The molecular formula is C28H26I2O4. The van der Waals surface area contributed by atoms with Crippen LogP contribution in [0.3, 0.4) is 0 Å². The summed E-state index contributed by atoms with van der Waals surface area (Å²) in [7, 11) is 0. The number of fused-ring (bicyclic) bond motifs is 1. The Balaban J connectivity index is 1.63. The number of carbonyl (C=O) groups excluding carboxylic acids is 1. The number of carbonyl (C=O) groups is 1. The standard InChI is InChI=1S/C28H26I2O4/c1-2-3-5-10-24-26(27(31)19-15-22(29)28(32)23(30)16-19)21-12-11-20(17-25(21)34-24)33-14-13-18-8-6-4-7-9-18/h4,6-9,11-12,15-17,32H,2-3,5,10,13-14H2,1H3. The van der Waals surface area contributed by atoms with Crippen molar-refractivity contribution in [3.05, 3.63) is 90.3 Å². The lowest BCUT2D eigenvalue weighted by Gasteiger charge is -2.07. The number of furan rings is 1. The zero-order chi connectivity index (χ0) is 24.1. The van der Waals surface area contributed by atoms with E-state index >= 15 is 0 Å². The number of benzene rings is 3. The van der Waals surface area contributed by atoms with Crippen LogP contribution in [0.15, 0.2) is 65.1 Å². The first-order valence-corrected chi connectivity index (χ1v) is 13.6. The number of phenols is 1. The van der Waals surface area contributed by atoms with E-state index in [0.29, 0.717) is 42.6 Å². The molecule has 0 aliphatic rings. The van der Waals surface area contributed by atoms with Crippen molar-refractivity contribution in [2.45, 2.75) is 39.0 Å². The second-order valence-electron chi connectivity index (χ2n) is 8.22. The highest BCUT2D eigenvalue weighted by atomic mass is 127. The van der Waals surface area contributed by atoms with Crippen molar-refractivity contribution >= 4 is 61.9 Å². The molecule has 0 saturated carbocycles. The third-order valence-electron chi connectivity index (χ3n) is 5.75. The molecule has 0 aliphatic heterocycles. The summed E-state index contributed by atoms with van der Waals surface area (Å²) in [5.74, 6) is 1.56. The van der Waals surface area contributed by atoms with Crippen LogP contribution in [0.2, 0.25) is 0 Å². The number of hydrogen-bond donors (Lipinski definition) is 1. The third-order valence-corrected chi connectivity index (χ3v) is 7.39. The van der Waals surface area contributed by atoms with Gasteiger partial charge in [-0.1, -0.05) is 50.1 Å². The topological polar surface area (TPSA) is 59.7 Å². The molecule has 0 bridgehead atoms. The predicted octanol–water partition coefficient (Wildman–Crippen LogP) is 7.93. The highest BCUT2D eigenvalue weighted by Crippen LogP contribution is 2.34. The number of halogens is 2. The van der Waals surface area contributed by atoms with Crippen molar-refractivity contribution in [2.24, 2.45) is 0 Å². The van der Waals surface area contributed by atoms with Gasteiger partial charge < -0.3 is 14.3 Å². The average Bonchev–Trinajstić information content (AvgIpc) is 3.20. The van der Waals surface area contributed by atoms with Gasteiger partial charge in [-0.05, 0) is 81.4 Å². The number of hydrogen-bond acceptors (Lipinski definition) is 4. The van der Waals surface area contributed by atoms with E-state index in [0.717, 1.165) is 36.8 Å². The zero-order valence-corrected chi connectivity index (χ0v) is 23.3. The van der Waals surface area contributed by atoms with Gasteiger partial charge in [0.25, 0.3) is 0 Å². The Hall–Kier alpha value is -2.07. The normalized spacial score (nSPS) is 11.1. The first kappa shape index (κ1) is 25.0. The van der Waals surface area contributed by atoms with Gasteiger partial charge in [-0.2, -0.15) is 0 Å². The maximum absolute atomic E-state index is 13.6. The van der Waals surface area contributed by atoms with E-state index in [-0.39, 0.29) is 11.5 Å². The van der Waals surface area contributed by atoms with Crippen LogP contribution in [0.5, 0.6) is 11.5 Å². The minimum absolute atomic E-state index is 0.0844. The van der Waals surface area contributed by atoms with Crippen molar-refractivity contribution in [1.29, 1.82) is 0 Å². The Kier molecular flexibility index (Phi) is 8.52. The molecule has 0 amide bonds. The molecule has 1 N–H and O–H groups in total. The van der Waals surface area contributed by atoms with Gasteiger partial charge in [-0.3, -0.25) is 4.79 Å². The van der Waals surface area contributed by atoms with Crippen molar-refractivity contribution in [3.8, 4) is 11.5 Å². The zero-order valence-electron chi connectivity index (χ0n) is 18.9. The monoisotopic (exact) mass is 680 g/mol. The lowest BCUT2D eigenvalue weighted by molar-refractivity contribution is 0.103. The molecule has 3 aromatic carbocycles. The van der Waals surface area contributed by atoms with E-state index in [1.54, 1.807) is 12.1 Å². The van der Waals surface area contributed by atoms with Crippen LogP contribution in [-0.4, -0.2) is 17.5 Å². The summed E-state index contributed by atoms with van der Waals surface area (Å²) >= 11 is 4.11. The van der Waals surface area contributed by atoms with E-state index in [1.807, 2.05) is 36.4 Å². The minimum Gasteiger partial charge on any atom is -0.506 e. The van der Waals surface area contributed by atoms with Gasteiger partial charge in [-0.15, -0.1) is 0 Å². The first-order chi connectivity index (χ1) is 16.5. The van der Waals surface area contributed by atoms with Crippen LogP contribution in [0, 0.1) is 7.14 Å². The molecule has 0 spiro atoms. The van der Waals surface area contributed by atoms with Crippen LogP contribution in [0.1, 0.15) is 53.4 Å². The number of aromatic hydroxyl groups is 1. The van der Waals surface area contributed by atoms with Crippen LogP contribution < -0.4 is 4.74 Å². The molecule has 1 heterocycles. The molecule has 0 aliphatic carbocycles. The first-order valence-electron chi connectivity index (χ1n) is 11.4. The molecular weight excluding hydrogens is 654 g/mol. The molecule has 0 saturated heterocycles. The Bertz CT molecular complexity index is 1270. The van der Waals surface area contributed by atoms with Crippen LogP contribution in [-0.2, 0) is 12.8 Å². The quantitative estimate of drug-likeness (QED) is 0.105. The molecule has 176 valence electrons. The van der Waals surface area contributed by atoms with Gasteiger partial charge in [0.05, 0.1) is 19.3 Å². The maximum atomic E-state index is 13.6. The van der Waals surface area contributed by atoms with Gasteiger partial charge in [-0.25, -0.2) is 0 Å². The molecule has 34 heavy (non-hydrogen) atoms. The van der Waals surface area contributed by atoms with Crippen molar-refractivity contribution in [3.63, 3.8) is 0 Å². The minimum atomic E-state index is -0.0844. The highest BCUT2D eigenvalue weighted by molar-refractivity contribution is 14.1. The predicted molar refractivity (Wildman–Crippen MR) is 152 cm³/mol. The second-order valence-corrected chi connectivity index (χ2v) is 10.5. The molecule has 6 heteroatoms. The molecule has 0 radical (unpaired) electrons. The summed E-state index contributed by atoms with van der Waals surface area (Å²) in [5, 5.41) is 10.9. The number of rotatable bonds is 10. The molecule has 4 rings (SSSR count). The molecule has 1 aromatic heterocycles. The lowest BCUT2D eigenvalue weighted by atomic mass is 9.98. The largest absolute Gasteiger partial charge is 0.506 e. The SMILES string of the molecule is CCCCCc1oc2cc(OCCc3ccccc3)ccc2c1C(=O)c1cc(I)c(O)c(I)c1. The van der Waals surface area contributed by atoms with E-state index in [1.165, 1.54) is 5.56 Å². The van der Waals surface area contributed by atoms with Gasteiger partial charge >= 0.3 is 0 Å². The van der Waals surface area contributed by atoms with Gasteiger partial charge in [0.15, 0.2) is 5.78 Å². The van der Waals surface area contributed by atoms with Crippen molar-refractivity contribution < 1.29 is 19.1 Å². The van der Waals surface area contributed by atoms with Crippen molar-refractivity contribution in [1.82, 2.24) is 0 Å². The summed E-state index contributed by atoms with van der Waals surface area (Å²) < 4.78 is 13.5. The fourth-order valence-electron chi connectivity index (χ4n) is 3.95. The average molecular weight is 680 g/mol. The van der Waals surface area contributed by atoms with Crippen LogP contribution in [0.25, 0.3) is 11.0 Å². The Morgan fingerprint density at radius 1 is 0.971 bits per heavy atom. The fraction of sp³-hybridized carbons (Fsp3) is 0.250. The Morgan fingerprint density at radius 2 is 1.71 bits per heavy atom. The van der Waals surface area contributed by atoms with E-state index < -0.39 is 0 Å². The number of phenolic OH excluding ortho intramolecular Hbond substituents is 1. The lowest BCUT2D eigenvalue weighted by Crippen LogP contribution is -2.05. The summed E-state index contributed by atoms with van der Waals surface area (Å²) in [5.41, 5.74) is 3.05. The smallest absolute Gasteiger partial charge is 0.197 e. The molecule has 0 fully saturated rings. The van der Waals surface area contributed by atoms with E-state index in [2.05, 4.69) is 64.2 Å². The van der Waals surface area contributed by atoms with Crippen molar-refractivity contribution in [2.75, 3.05) is 6.61 Å². The highest BCUT2D eigenvalue weighted by Gasteiger charge is 2.23. The van der Waals surface area contributed by atoms with Gasteiger partial charge in [0.2, 0.25) is 0 Å². The molecule has 0 atom stereocenters. The molecule has 0 unspecified atom stereocenters. The number of ketones is 1. The Morgan fingerprint density at radius 3 is 2.41 bits per heavy atom. The summed E-state index contributed by atoms with van der Waals surface area (Å²) in [6.45, 7) is 2.72. The summed E-state index contributed by atoms with van der Waals surface area (Å²) in [6.07, 6.45) is 4.66. The molecule has 4 aromatic rings. The Labute approximate surface area is 227 Å². The number of ether oxygens (including phenoxy) is 1. The third kappa shape index (κ3) is 5.76. The van der Waals surface area contributed by atoms with Gasteiger partial charge in [0.1, 0.15) is 22.8 Å². The van der Waals surface area contributed by atoms with E-state index in [9.17, 15) is 9.90 Å². The number of aryl methyl sites for hydroxylation is 1. The number of unbranched alkanes of at least 4 members (excludes halogenated alkanes) is 2. The van der Waals surface area contributed by atoms with Gasteiger partial charge in [0, 0.05) is 29.9 Å². The summed E-state index contributed by atoms with van der Waals surface area (Å²) in [6, 6.07) is 19.4.